The summed E-state index contributed by atoms with van der Waals surface area (Å²) in [6, 6.07) is 1.70. The van der Waals surface area contributed by atoms with E-state index in [1.54, 1.807) is 9.80 Å². The number of alkyl carbamates (subject to hydrolysis) is 1. The molecule has 3 amide bonds. The fourth-order valence-corrected chi connectivity index (χ4v) is 5.40. The molecule has 9 heteroatoms. The van der Waals surface area contributed by atoms with Crippen LogP contribution in [0.1, 0.15) is 73.1 Å². The lowest BCUT2D eigenvalue weighted by molar-refractivity contribution is -0.133. The van der Waals surface area contributed by atoms with E-state index in [0.717, 1.165) is 32.1 Å². The third kappa shape index (κ3) is 6.52. The van der Waals surface area contributed by atoms with Crippen LogP contribution >= 0.6 is 0 Å². The Hall–Kier alpha value is -2.50. The van der Waals surface area contributed by atoms with E-state index >= 15 is 0 Å². The number of carbonyl (C=O) groups excluding carboxylic acids is 3. The number of nitrogens with zero attached hydrogens (tertiary/aromatic N) is 3. The summed E-state index contributed by atoms with van der Waals surface area (Å²) in [5, 5.41) is 12.1. The van der Waals surface area contributed by atoms with Crippen molar-refractivity contribution in [3.05, 3.63) is 0 Å². The zero-order valence-electron chi connectivity index (χ0n) is 20.5. The molecule has 9 nitrogen and oxygen atoms in total. The molecule has 0 bridgehead atoms. The van der Waals surface area contributed by atoms with E-state index < -0.39 is 17.7 Å². The molecule has 0 radical (unpaired) electrons. The average Bonchev–Trinajstić information content (AvgIpc) is 3.37. The number of carbonyl (C=O) groups is 3. The summed E-state index contributed by atoms with van der Waals surface area (Å²) in [5.41, 5.74) is -0.668. The smallest absolute Gasteiger partial charge is 0.411 e. The van der Waals surface area contributed by atoms with Gasteiger partial charge in [-0.05, 0) is 85.0 Å². The van der Waals surface area contributed by atoms with Gasteiger partial charge in [-0.15, -0.1) is 0 Å². The maximum Gasteiger partial charge on any atom is 0.411 e. The highest BCUT2D eigenvalue weighted by molar-refractivity contribution is 5.83. The molecule has 1 saturated heterocycles. The normalized spacial score (nSPS) is 28.9. The predicted octanol–water partition coefficient (Wildman–Crippen LogP) is 3.43. The summed E-state index contributed by atoms with van der Waals surface area (Å²) >= 11 is 0. The number of hydrogen-bond donors (Lipinski definition) is 1. The number of rotatable bonds is 5. The average molecular weight is 463 g/mol. The molecule has 3 aliphatic rings. The number of fused-ring (bicyclic) bond motifs is 1. The second-order valence-electron chi connectivity index (χ2n) is 10.9. The molecule has 5 atom stereocenters. The minimum atomic E-state index is -0.668. The molecule has 1 heterocycles. The Bertz CT molecular complexity index is 773. The molecule has 2 aliphatic carbocycles. The van der Waals surface area contributed by atoms with Crippen molar-refractivity contribution >= 4 is 18.1 Å². The van der Waals surface area contributed by atoms with Crippen molar-refractivity contribution in [1.29, 1.82) is 5.26 Å². The Labute approximate surface area is 196 Å². The van der Waals surface area contributed by atoms with E-state index in [1.807, 2.05) is 34.6 Å². The number of amides is 3. The number of ether oxygens (including phenoxy) is 2. The quantitative estimate of drug-likeness (QED) is 0.670. The summed E-state index contributed by atoms with van der Waals surface area (Å²) < 4.78 is 11.2. The van der Waals surface area contributed by atoms with Gasteiger partial charge in [-0.1, -0.05) is 0 Å². The predicted molar refractivity (Wildman–Crippen MR) is 121 cm³/mol. The summed E-state index contributed by atoms with van der Waals surface area (Å²) in [4.78, 5) is 41.2. The number of likely N-dealkylation sites (tertiary alicyclic amines) is 1. The van der Waals surface area contributed by atoms with E-state index in [2.05, 4.69) is 11.4 Å². The van der Waals surface area contributed by atoms with Crippen molar-refractivity contribution < 1.29 is 23.9 Å². The van der Waals surface area contributed by atoms with E-state index in [1.165, 1.54) is 0 Å². The Morgan fingerprint density at radius 3 is 2.33 bits per heavy atom. The first-order valence-electron chi connectivity index (χ1n) is 12.1. The van der Waals surface area contributed by atoms with Gasteiger partial charge >= 0.3 is 12.2 Å². The van der Waals surface area contributed by atoms with Crippen LogP contribution < -0.4 is 5.32 Å². The third-order valence-corrected chi connectivity index (χ3v) is 6.72. The van der Waals surface area contributed by atoms with Crippen LogP contribution in [-0.2, 0) is 14.3 Å². The number of hydrogen-bond acceptors (Lipinski definition) is 6. The van der Waals surface area contributed by atoms with Gasteiger partial charge in [0.1, 0.15) is 24.3 Å². The van der Waals surface area contributed by atoms with Crippen LogP contribution in [0.5, 0.6) is 0 Å². The molecule has 0 aromatic carbocycles. The second-order valence-corrected chi connectivity index (χ2v) is 10.9. The summed E-state index contributed by atoms with van der Waals surface area (Å²) in [6.07, 6.45) is 3.54. The van der Waals surface area contributed by atoms with Gasteiger partial charge in [-0.25, -0.2) is 9.59 Å². The Balaban J connectivity index is 1.64. The van der Waals surface area contributed by atoms with Crippen LogP contribution in [0.25, 0.3) is 0 Å². The topological polar surface area (TPSA) is 112 Å². The number of nitrogens with one attached hydrogen (secondary N) is 1. The Kier molecular flexibility index (Phi) is 7.76. The lowest BCUT2D eigenvalue weighted by Crippen LogP contribution is -2.49. The fraction of sp³-hybridized carbons (Fsp3) is 0.833. The Morgan fingerprint density at radius 1 is 1.15 bits per heavy atom. The molecule has 33 heavy (non-hydrogen) atoms. The van der Waals surface area contributed by atoms with Crippen molar-refractivity contribution in [2.75, 3.05) is 13.1 Å². The highest BCUT2D eigenvalue weighted by Crippen LogP contribution is 2.47. The molecule has 3 fully saturated rings. The molecule has 2 saturated carbocycles. The SMILES string of the molecule is CC(C)NC(=O)OC1C[C@@H]2CC(N(CC(=O)N3CCC[C@H]3C#N)C(=O)OC(C)(C)C)C[C@@H]2C1. The van der Waals surface area contributed by atoms with Gasteiger partial charge in [-0.3, -0.25) is 9.69 Å². The van der Waals surface area contributed by atoms with Crippen molar-refractivity contribution in [1.82, 2.24) is 15.1 Å². The highest BCUT2D eigenvalue weighted by atomic mass is 16.6. The van der Waals surface area contributed by atoms with Crippen molar-refractivity contribution in [3.8, 4) is 6.07 Å². The van der Waals surface area contributed by atoms with Gasteiger partial charge in [0.05, 0.1) is 6.07 Å². The van der Waals surface area contributed by atoms with Crippen molar-refractivity contribution in [2.24, 2.45) is 11.8 Å². The van der Waals surface area contributed by atoms with Gasteiger partial charge in [-0.2, -0.15) is 5.26 Å². The Morgan fingerprint density at radius 2 is 1.79 bits per heavy atom. The summed E-state index contributed by atoms with van der Waals surface area (Å²) in [6.45, 7) is 9.69. The standard InChI is InChI=1S/C24H38N4O5/c1-15(2)26-22(30)32-20-11-16-9-19(10-17(16)12-20)28(23(31)33-24(3,4)5)14-21(29)27-8-6-7-18(27)13-25/h15-20H,6-12,14H2,1-5H3,(H,26,30)/t16-,17+,18-,19?,20?/m0/s1. The second kappa shape index (κ2) is 10.2. The molecule has 3 rings (SSSR count). The molecule has 0 aromatic rings. The van der Waals surface area contributed by atoms with Crippen LogP contribution in [0.3, 0.4) is 0 Å². The highest BCUT2D eigenvalue weighted by Gasteiger charge is 2.47. The van der Waals surface area contributed by atoms with Gasteiger partial charge < -0.3 is 19.7 Å². The zero-order chi connectivity index (χ0) is 24.3. The fourth-order valence-electron chi connectivity index (χ4n) is 5.40. The van der Waals surface area contributed by atoms with E-state index in [0.29, 0.717) is 24.8 Å². The van der Waals surface area contributed by atoms with Crippen LogP contribution in [-0.4, -0.2) is 70.8 Å². The molecule has 1 N–H and O–H groups in total. The molecule has 1 aliphatic heterocycles. The van der Waals surface area contributed by atoms with Gasteiger partial charge in [0.15, 0.2) is 0 Å². The molecule has 184 valence electrons. The largest absolute Gasteiger partial charge is 0.446 e. The van der Waals surface area contributed by atoms with Crippen LogP contribution in [0.4, 0.5) is 9.59 Å². The van der Waals surface area contributed by atoms with Crippen LogP contribution in [0, 0.1) is 23.2 Å². The monoisotopic (exact) mass is 462 g/mol. The summed E-state index contributed by atoms with van der Waals surface area (Å²) in [5.74, 6) is 0.476. The van der Waals surface area contributed by atoms with E-state index in [9.17, 15) is 19.6 Å². The molecular weight excluding hydrogens is 424 g/mol. The van der Waals surface area contributed by atoms with Gasteiger partial charge in [0.2, 0.25) is 5.91 Å². The van der Waals surface area contributed by atoms with E-state index in [4.69, 9.17) is 9.47 Å². The van der Waals surface area contributed by atoms with E-state index in [-0.39, 0.29) is 36.7 Å². The lowest BCUT2D eigenvalue weighted by Gasteiger charge is -2.33. The van der Waals surface area contributed by atoms with Crippen molar-refractivity contribution in [3.63, 3.8) is 0 Å². The first-order chi connectivity index (χ1) is 15.5. The first-order valence-corrected chi connectivity index (χ1v) is 12.1. The molecule has 0 spiro atoms. The number of nitriles is 1. The molecular formula is C24H38N4O5. The minimum absolute atomic E-state index is 0.0268. The van der Waals surface area contributed by atoms with Crippen LogP contribution in [0.15, 0.2) is 0 Å². The molecule has 0 aromatic heterocycles. The minimum Gasteiger partial charge on any atom is -0.446 e. The lowest BCUT2D eigenvalue weighted by atomic mass is 10.0. The van der Waals surface area contributed by atoms with Crippen LogP contribution in [0.2, 0.25) is 0 Å². The maximum atomic E-state index is 13.1. The zero-order valence-corrected chi connectivity index (χ0v) is 20.5. The van der Waals surface area contributed by atoms with Crippen molar-refractivity contribution in [2.45, 2.75) is 103 Å². The maximum absolute atomic E-state index is 13.1. The van der Waals surface area contributed by atoms with Gasteiger partial charge in [0, 0.05) is 18.6 Å². The third-order valence-electron chi connectivity index (χ3n) is 6.72. The first kappa shape index (κ1) is 25.1. The summed E-state index contributed by atoms with van der Waals surface area (Å²) in [7, 11) is 0. The molecule has 2 unspecified atom stereocenters. The van der Waals surface area contributed by atoms with Gasteiger partial charge in [0.25, 0.3) is 0 Å².